The van der Waals surface area contributed by atoms with Gasteiger partial charge in [-0.05, 0) is 24.9 Å². The summed E-state index contributed by atoms with van der Waals surface area (Å²) in [4.78, 5) is 2.68. The molecule has 2 heteroatoms. The van der Waals surface area contributed by atoms with Gasteiger partial charge in [-0.25, -0.2) is 0 Å². The van der Waals surface area contributed by atoms with Crippen LogP contribution in [0.15, 0.2) is 30.3 Å². The van der Waals surface area contributed by atoms with Gasteiger partial charge < -0.3 is 5.32 Å². The Balaban J connectivity index is 1.76. The number of nitrogens with zero attached hydrogens (tertiary/aromatic N) is 1. The molecular formula is C17H26N2. The molecule has 2 fully saturated rings. The maximum absolute atomic E-state index is 3.91. The Morgan fingerprint density at radius 3 is 2.58 bits per heavy atom. The lowest BCUT2D eigenvalue weighted by Gasteiger charge is -2.49. The van der Waals surface area contributed by atoms with Gasteiger partial charge in [-0.3, -0.25) is 4.90 Å². The highest BCUT2D eigenvalue weighted by atomic mass is 15.2. The van der Waals surface area contributed by atoms with Crippen LogP contribution in [0.2, 0.25) is 0 Å². The van der Waals surface area contributed by atoms with Crippen molar-refractivity contribution in [2.24, 2.45) is 0 Å². The molecule has 1 aliphatic carbocycles. The van der Waals surface area contributed by atoms with Gasteiger partial charge in [-0.2, -0.15) is 0 Å². The van der Waals surface area contributed by atoms with Crippen molar-refractivity contribution in [1.82, 2.24) is 10.2 Å². The summed E-state index contributed by atoms with van der Waals surface area (Å²) in [5, 5.41) is 3.91. The van der Waals surface area contributed by atoms with Gasteiger partial charge in [0.15, 0.2) is 0 Å². The van der Waals surface area contributed by atoms with E-state index in [-0.39, 0.29) is 0 Å². The van der Waals surface area contributed by atoms with Gasteiger partial charge in [0.1, 0.15) is 0 Å². The number of likely N-dealkylation sites (N-methyl/N-ethyl adjacent to an activating group) is 1. The fraction of sp³-hybridized carbons (Fsp3) is 0.647. The molecule has 0 amide bonds. The van der Waals surface area contributed by atoms with Crippen LogP contribution in [-0.2, 0) is 0 Å². The average Bonchev–Trinajstić information content (AvgIpc) is 2.49. The van der Waals surface area contributed by atoms with Crippen molar-refractivity contribution in [2.75, 3.05) is 19.6 Å². The quantitative estimate of drug-likeness (QED) is 0.875. The van der Waals surface area contributed by atoms with Crippen LogP contribution >= 0.6 is 0 Å². The molecule has 1 spiro atoms. The maximum Gasteiger partial charge on any atom is 0.0473 e. The SMILES string of the molecule is CCN1CC2(CCCCC2)NCC1c1ccccc1. The van der Waals surface area contributed by atoms with Gasteiger partial charge in [0.25, 0.3) is 0 Å². The highest BCUT2D eigenvalue weighted by Crippen LogP contribution is 2.35. The number of hydrogen-bond acceptors (Lipinski definition) is 2. The first-order chi connectivity index (χ1) is 9.33. The van der Waals surface area contributed by atoms with Crippen LogP contribution in [0.4, 0.5) is 0 Å². The molecule has 2 nitrogen and oxygen atoms in total. The molecular weight excluding hydrogens is 232 g/mol. The minimum absolute atomic E-state index is 0.416. The second-order valence-electron chi connectivity index (χ2n) is 6.21. The highest BCUT2D eigenvalue weighted by molar-refractivity contribution is 5.21. The lowest BCUT2D eigenvalue weighted by molar-refractivity contribution is 0.0593. The normalized spacial score (nSPS) is 27.5. The number of hydrogen-bond donors (Lipinski definition) is 1. The molecule has 1 unspecified atom stereocenters. The first kappa shape index (κ1) is 13.1. The van der Waals surface area contributed by atoms with E-state index in [1.807, 2.05) is 0 Å². The molecule has 3 rings (SSSR count). The lowest BCUT2D eigenvalue weighted by atomic mass is 9.79. The third-order valence-corrected chi connectivity index (χ3v) is 5.02. The van der Waals surface area contributed by atoms with Crippen molar-refractivity contribution in [3.05, 3.63) is 35.9 Å². The van der Waals surface area contributed by atoms with E-state index in [4.69, 9.17) is 0 Å². The molecule has 19 heavy (non-hydrogen) atoms. The minimum Gasteiger partial charge on any atom is -0.308 e. The molecule has 0 radical (unpaired) electrons. The van der Waals surface area contributed by atoms with Crippen LogP contribution < -0.4 is 5.32 Å². The summed E-state index contributed by atoms with van der Waals surface area (Å²) in [7, 11) is 0. The van der Waals surface area contributed by atoms with E-state index >= 15 is 0 Å². The predicted octanol–water partition coefficient (Wildman–Crippen LogP) is 3.36. The second kappa shape index (κ2) is 5.64. The summed E-state index contributed by atoms with van der Waals surface area (Å²) >= 11 is 0. The van der Waals surface area contributed by atoms with Gasteiger partial charge in [0.05, 0.1) is 0 Å². The number of piperazine rings is 1. The molecule has 0 bridgehead atoms. The molecule has 1 aromatic carbocycles. The highest BCUT2D eigenvalue weighted by Gasteiger charge is 2.39. The van der Waals surface area contributed by atoms with Crippen LogP contribution in [-0.4, -0.2) is 30.1 Å². The van der Waals surface area contributed by atoms with E-state index in [1.165, 1.54) is 44.2 Å². The Kier molecular flexibility index (Phi) is 3.90. The van der Waals surface area contributed by atoms with Gasteiger partial charge in [0, 0.05) is 24.7 Å². The molecule has 2 aliphatic rings. The first-order valence-electron chi connectivity index (χ1n) is 7.87. The molecule has 1 saturated heterocycles. The van der Waals surface area contributed by atoms with Gasteiger partial charge in [-0.15, -0.1) is 0 Å². The van der Waals surface area contributed by atoms with Gasteiger partial charge in [0.2, 0.25) is 0 Å². The first-order valence-corrected chi connectivity index (χ1v) is 7.87. The van der Waals surface area contributed by atoms with E-state index in [0.29, 0.717) is 11.6 Å². The van der Waals surface area contributed by atoms with Crippen molar-refractivity contribution in [1.29, 1.82) is 0 Å². The fourth-order valence-corrected chi connectivity index (χ4v) is 3.90. The lowest BCUT2D eigenvalue weighted by Crippen LogP contribution is -2.61. The Morgan fingerprint density at radius 1 is 1.16 bits per heavy atom. The predicted molar refractivity (Wildman–Crippen MR) is 80.2 cm³/mol. The van der Waals surface area contributed by atoms with Crippen molar-refractivity contribution >= 4 is 0 Å². The molecule has 104 valence electrons. The third kappa shape index (κ3) is 2.70. The molecule has 1 heterocycles. The average molecular weight is 258 g/mol. The maximum atomic E-state index is 3.91. The van der Waals surface area contributed by atoms with Crippen molar-refractivity contribution < 1.29 is 0 Å². The topological polar surface area (TPSA) is 15.3 Å². The van der Waals surface area contributed by atoms with E-state index in [2.05, 4.69) is 47.5 Å². The summed E-state index contributed by atoms with van der Waals surface area (Å²) < 4.78 is 0. The second-order valence-corrected chi connectivity index (χ2v) is 6.21. The Hall–Kier alpha value is -0.860. The molecule has 1 aromatic rings. The zero-order chi connectivity index (χ0) is 13.1. The van der Waals surface area contributed by atoms with Crippen molar-refractivity contribution in [3.63, 3.8) is 0 Å². The number of rotatable bonds is 2. The monoisotopic (exact) mass is 258 g/mol. The van der Waals surface area contributed by atoms with Crippen LogP contribution in [0.25, 0.3) is 0 Å². The van der Waals surface area contributed by atoms with Crippen molar-refractivity contribution in [3.8, 4) is 0 Å². The summed E-state index contributed by atoms with van der Waals surface area (Å²) in [6, 6.07) is 11.5. The molecule has 1 N–H and O–H groups in total. The Labute approximate surface area is 117 Å². The zero-order valence-corrected chi connectivity index (χ0v) is 12.1. The van der Waals surface area contributed by atoms with Crippen LogP contribution in [0.5, 0.6) is 0 Å². The summed E-state index contributed by atoms with van der Waals surface area (Å²) in [5.41, 5.74) is 1.88. The molecule has 0 aromatic heterocycles. The Bertz CT molecular complexity index is 395. The van der Waals surface area contributed by atoms with E-state index in [9.17, 15) is 0 Å². The minimum atomic E-state index is 0.416. The standard InChI is InChI=1S/C17H26N2/c1-2-19-14-17(11-7-4-8-12-17)18-13-16(19)15-9-5-3-6-10-15/h3,5-6,9-10,16,18H,2,4,7-8,11-14H2,1H3. The largest absolute Gasteiger partial charge is 0.308 e. The summed E-state index contributed by atoms with van der Waals surface area (Å²) in [5.74, 6) is 0. The molecule has 1 atom stereocenters. The number of nitrogens with one attached hydrogen (secondary N) is 1. The molecule has 1 aliphatic heterocycles. The summed E-state index contributed by atoms with van der Waals surface area (Å²) in [6.45, 7) is 5.79. The molecule has 1 saturated carbocycles. The van der Waals surface area contributed by atoms with Gasteiger partial charge in [-0.1, -0.05) is 56.5 Å². The van der Waals surface area contributed by atoms with Gasteiger partial charge >= 0.3 is 0 Å². The van der Waals surface area contributed by atoms with E-state index in [1.54, 1.807) is 0 Å². The smallest absolute Gasteiger partial charge is 0.0473 e. The van der Waals surface area contributed by atoms with E-state index in [0.717, 1.165) is 13.1 Å². The van der Waals surface area contributed by atoms with Crippen LogP contribution in [0.1, 0.15) is 50.6 Å². The third-order valence-electron chi connectivity index (χ3n) is 5.02. The van der Waals surface area contributed by atoms with Crippen molar-refractivity contribution in [2.45, 2.75) is 50.6 Å². The zero-order valence-electron chi connectivity index (χ0n) is 12.1. The van der Waals surface area contributed by atoms with Crippen LogP contribution in [0.3, 0.4) is 0 Å². The summed E-state index contributed by atoms with van der Waals surface area (Å²) in [6.07, 6.45) is 6.97. The van der Waals surface area contributed by atoms with E-state index < -0.39 is 0 Å². The fourth-order valence-electron chi connectivity index (χ4n) is 3.90. The van der Waals surface area contributed by atoms with Crippen LogP contribution in [0, 0.1) is 0 Å². The number of benzene rings is 1. The Morgan fingerprint density at radius 2 is 1.89 bits per heavy atom.